The van der Waals surface area contributed by atoms with Crippen molar-refractivity contribution in [2.75, 3.05) is 7.11 Å². The lowest BCUT2D eigenvalue weighted by atomic mass is 9.72. The van der Waals surface area contributed by atoms with Crippen LogP contribution in [-0.4, -0.2) is 24.0 Å². The van der Waals surface area contributed by atoms with Crippen molar-refractivity contribution < 1.29 is 27.4 Å². The van der Waals surface area contributed by atoms with E-state index in [2.05, 4.69) is 0 Å². The van der Waals surface area contributed by atoms with Crippen molar-refractivity contribution in [3.05, 3.63) is 65.0 Å². The minimum Gasteiger partial charge on any atom is -0.496 e. The summed E-state index contributed by atoms with van der Waals surface area (Å²) in [6.07, 6.45) is -6.11. The topological polar surface area (TPSA) is 29.5 Å². The van der Waals surface area contributed by atoms with E-state index >= 15 is 0 Å². The first-order chi connectivity index (χ1) is 13.6. The van der Waals surface area contributed by atoms with Crippen molar-refractivity contribution in [1.29, 1.82) is 0 Å². The van der Waals surface area contributed by atoms with Crippen LogP contribution in [0.4, 0.5) is 17.6 Å². The monoisotopic (exact) mass is 426 g/mol. The van der Waals surface area contributed by atoms with E-state index in [9.17, 15) is 22.7 Å². The molecule has 0 saturated carbocycles. The SMILES string of the molecule is COc1ccc(F)cc1C(C)(C)CC(O)(Cc1ccc(C(C)(C)C)cc1)C(F)(F)F. The number of aliphatic hydroxyl groups is 1. The quantitative estimate of drug-likeness (QED) is 0.547. The van der Waals surface area contributed by atoms with Crippen LogP contribution in [0.5, 0.6) is 5.75 Å². The summed E-state index contributed by atoms with van der Waals surface area (Å²) in [5, 5.41) is 10.8. The van der Waals surface area contributed by atoms with Crippen LogP contribution in [0.25, 0.3) is 0 Å². The molecule has 0 heterocycles. The zero-order chi connectivity index (χ0) is 23.0. The minimum absolute atomic E-state index is 0.130. The van der Waals surface area contributed by atoms with Gasteiger partial charge in [-0.1, -0.05) is 58.9 Å². The Labute approximate surface area is 175 Å². The molecule has 0 spiro atoms. The Kier molecular flexibility index (Phi) is 6.62. The van der Waals surface area contributed by atoms with Crippen LogP contribution in [0, 0.1) is 5.82 Å². The summed E-state index contributed by atoms with van der Waals surface area (Å²) in [5.41, 5.74) is -2.68. The molecule has 0 aliphatic carbocycles. The standard InChI is InChI=1S/C24H30F4O2/c1-21(2,3)17-9-7-16(8-10-17)14-23(29,24(26,27)28)15-22(4,5)19-13-18(25)11-12-20(19)30-6/h7-13,29H,14-15H2,1-6H3. The number of halogens is 4. The molecule has 1 atom stereocenters. The molecule has 1 N–H and O–H groups in total. The molecule has 166 valence electrons. The van der Waals surface area contributed by atoms with Gasteiger partial charge in [-0.3, -0.25) is 0 Å². The summed E-state index contributed by atoms with van der Waals surface area (Å²) < 4.78 is 61.1. The number of hydrogen-bond donors (Lipinski definition) is 1. The highest BCUT2D eigenvalue weighted by Gasteiger charge is 2.56. The zero-order valence-electron chi connectivity index (χ0n) is 18.3. The summed E-state index contributed by atoms with van der Waals surface area (Å²) in [5.74, 6) is -0.298. The Morgan fingerprint density at radius 2 is 1.47 bits per heavy atom. The van der Waals surface area contributed by atoms with Crippen molar-refractivity contribution in [3.8, 4) is 5.75 Å². The summed E-state index contributed by atoms with van der Waals surface area (Å²) >= 11 is 0. The first kappa shape index (κ1) is 24.2. The van der Waals surface area contributed by atoms with Gasteiger partial charge in [0.1, 0.15) is 11.6 Å². The largest absolute Gasteiger partial charge is 0.496 e. The average molecular weight is 426 g/mol. The van der Waals surface area contributed by atoms with Gasteiger partial charge in [0.15, 0.2) is 5.60 Å². The predicted molar refractivity (Wildman–Crippen MR) is 110 cm³/mol. The molecule has 2 rings (SSSR count). The fourth-order valence-electron chi connectivity index (χ4n) is 3.76. The molecule has 0 amide bonds. The fourth-order valence-corrected chi connectivity index (χ4v) is 3.76. The number of ether oxygens (including phenoxy) is 1. The number of benzene rings is 2. The first-order valence-electron chi connectivity index (χ1n) is 9.82. The van der Waals surface area contributed by atoms with Crippen LogP contribution in [-0.2, 0) is 17.3 Å². The summed E-state index contributed by atoms with van der Waals surface area (Å²) in [6.45, 7) is 9.14. The first-order valence-corrected chi connectivity index (χ1v) is 9.82. The van der Waals surface area contributed by atoms with Crippen LogP contribution in [0.15, 0.2) is 42.5 Å². The Hall–Kier alpha value is -2.08. The highest BCUT2D eigenvalue weighted by atomic mass is 19.4. The van der Waals surface area contributed by atoms with Gasteiger partial charge in [0.2, 0.25) is 0 Å². The third-order valence-electron chi connectivity index (χ3n) is 5.47. The lowest BCUT2D eigenvalue weighted by molar-refractivity contribution is -0.266. The third-order valence-corrected chi connectivity index (χ3v) is 5.47. The Bertz CT molecular complexity index is 864. The van der Waals surface area contributed by atoms with Crippen LogP contribution in [0.3, 0.4) is 0 Å². The van der Waals surface area contributed by atoms with Gasteiger partial charge in [-0.25, -0.2) is 4.39 Å². The molecule has 2 aromatic rings. The second-order valence-electron chi connectivity index (χ2n) is 9.56. The second kappa shape index (κ2) is 8.22. The molecule has 0 saturated heterocycles. The van der Waals surface area contributed by atoms with Crippen molar-refractivity contribution in [1.82, 2.24) is 0 Å². The molecule has 0 radical (unpaired) electrons. The zero-order valence-corrected chi connectivity index (χ0v) is 18.3. The van der Waals surface area contributed by atoms with E-state index in [1.807, 2.05) is 20.8 Å². The molecule has 2 aromatic carbocycles. The van der Waals surface area contributed by atoms with E-state index in [0.717, 1.165) is 11.6 Å². The molecule has 0 bridgehead atoms. The maximum absolute atomic E-state index is 14.0. The van der Waals surface area contributed by atoms with Crippen LogP contribution < -0.4 is 4.74 Å². The Morgan fingerprint density at radius 1 is 0.900 bits per heavy atom. The van der Waals surface area contributed by atoms with Gasteiger partial charge in [0, 0.05) is 12.0 Å². The van der Waals surface area contributed by atoms with Crippen LogP contribution in [0.1, 0.15) is 57.7 Å². The van der Waals surface area contributed by atoms with Gasteiger partial charge in [-0.2, -0.15) is 13.2 Å². The normalized spacial score (nSPS) is 15.0. The molecule has 1 unspecified atom stereocenters. The summed E-state index contributed by atoms with van der Waals surface area (Å²) in [7, 11) is 1.37. The van der Waals surface area contributed by atoms with Crippen molar-refractivity contribution in [2.24, 2.45) is 0 Å². The van der Waals surface area contributed by atoms with Gasteiger partial charge in [0.25, 0.3) is 0 Å². The molecular weight excluding hydrogens is 396 g/mol. The number of rotatable bonds is 6. The van der Waals surface area contributed by atoms with E-state index in [0.29, 0.717) is 5.56 Å². The highest BCUT2D eigenvalue weighted by molar-refractivity contribution is 5.40. The average Bonchev–Trinajstić information content (AvgIpc) is 2.60. The summed E-state index contributed by atoms with van der Waals surface area (Å²) in [4.78, 5) is 0. The molecule has 0 fully saturated rings. The van der Waals surface area contributed by atoms with E-state index < -0.39 is 35.9 Å². The smallest absolute Gasteiger partial charge is 0.417 e. The molecule has 0 aliphatic rings. The third kappa shape index (κ3) is 5.34. The van der Waals surface area contributed by atoms with Crippen molar-refractivity contribution in [2.45, 2.75) is 70.1 Å². The van der Waals surface area contributed by atoms with Crippen LogP contribution in [0.2, 0.25) is 0 Å². The van der Waals surface area contributed by atoms with E-state index in [1.54, 1.807) is 38.1 Å². The van der Waals surface area contributed by atoms with E-state index in [4.69, 9.17) is 4.74 Å². The minimum atomic E-state index is -4.87. The molecular formula is C24H30F4O2. The van der Waals surface area contributed by atoms with Gasteiger partial charge < -0.3 is 9.84 Å². The maximum Gasteiger partial charge on any atom is 0.417 e. The number of hydrogen-bond acceptors (Lipinski definition) is 2. The predicted octanol–water partition coefficient (Wildman–Crippen LogP) is 6.34. The molecule has 0 aliphatic heterocycles. The van der Waals surface area contributed by atoms with E-state index in [1.165, 1.54) is 19.2 Å². The van der Waals surface area contributed by atoms with Gasteiger partial charge in [0.05, 0.1) is 7.11 Å². The Balaban J connectivity index is 2.41. The van der Waals surface area contributed by atoms with E-state index in [-0.39, 0.29) is 16.7 Å². The molecule has 30 heavy (non-hydrogen) atoms. The molecule has 0 aromatic heterocycles. The number of alkyl halides is 3. The van der Waals surface area contributed by atoms with Crippen LogP contribution >= 0.6 is 0 Å². The summed E-state index contributed by atoms with van der Waals surface area (Å²) in [6, 6.07) is 10.5. The van der Waals surface area contributed by atoms with Crippen molar-refractivity contribution in [3.63, 3.8) is 0 Å². The second-order valence-corrected chi connectivity index (χ2v) is 9.56. The number of methoxy groups -OCH3 is 1. The van der Waals surface area contributed by atoms with Crippen molar-refractivity contribution >= 4 is 0 Å². The lowest BCUT2D eigenvalue weighted by Crippen LogP contribution is -2.50. The Morgan fingerprint density at radius 3 is 1.93 bits per heavy atom. The van der Waals surface area contributed by atoms with Gasteiger partial charge in [-0.05, 0) is 46.6 Å². The fraction of sp³-hybridized carbons (Fsp3) is 0.500. The van der Waals surface area contributed by atoms with Gasteiger partial charge >= 0.3 is 6.18 Å². The highest BCUT2D eigenvalue weighted by Crippen LogP contribution is 2.45. The van der Waals surface area contributed by atoms with Gasteiger partial charge in [-0.15, -0.1) is 0 Å². The maximum atomic E-state index is 14.0. The molecule has 6 heteroatoms. The lowest BCUT2D eigenvalue weighted by Gasteiger charge is -2.38. The molecule has 2 nitrogen and oxygen atoms in total.